The van der Waals surface area contributed by atoms with Crippen molar-refractivity contribution in [2.45, 2.75) is 39.7 Å². The molecule has 1 aliphatic carbocycles. The fourth-order valence-corrected chi connectivity index (χ4v) is 9.18. The molecule has 0 heterocycles. The fourth-order valence-electron chi connectivity index (χ4n) is 9.18. The minimum Gasteiger partial charge on any atom is -0.327 e. The predicted molar refractivity (Wildman–Crippen MR) is 249 cm³/mol. The zero-order chi connectivity index (χ0) is 39.4. The number of aryl methyl sites for hydroxylation is 4. The lowest BCUT2D eigenvalue weighted by Gasteiger charge is -2.46. The van der Waals surface area contributed by atoms with Gasteiger partial charge in [0.1, 0.15) is 0 Å². The first-order chi connectivity index (χ1) is 28.4. The maximum Gasteiger partial charge on any atom is 0.0930 e. The standard InChI is InChI=1S/C56H46N2/c1-38-14-24-44(25-15-38)57(45-26-16-39(2)17-27-45)46-32-22-42(23-33-46)34-36-56(58(47-28-18-40(3)19-29-47)48-30-20-41(4)21-31-48)37-35-52-50-11-6-9-43-8-5-10-49(54(43)50)51-12-7-13-53(56)55(51)52/h5-36H,37H2,1-4H3. The summed E-state index contributed by atoms with van der Waals surface area (Å²) < 4.78 is 0. The molecule has 0 N–H and O–H groups in total. The van der Waals surface area contributed by atoms with Gasteiger partial charge in [-0.25, -0.2) is 0 Å². The molecule has 1 unspecified atom stereocenters. The summed E-state index contributed by atoms with van der Waals surface area (Å²) in [5, 5.41) is 9.24. The molecule has 0 bridgehead atoms. The molecule has 9 aromatic carbocycles. The largest absolute Gasteiger partial charge is 0.327 e. The van der Waals surface area contributed by atoms with Gasteiger partial charge in [0, 0.05) is 28.4 Å². The Morgan fingerprint density at radius 1 is 0.431 bits per heavy atom. The highest BCUT2D eigenvalue weighted by atomic mass is 15.2. The third-order valence-electron chi connectivity index (χ3n) is 12.2. The van der Waals surface area contributed by atoms with Crippen LogP contribution in [0.5, 0.6) is 0 Å². The van der Waals surface area contributed by atoms with E-state index < -0.39 is 5.54 Å². The Kier molecular flexibility index (Phi) is 8.72. The molecule has 0 amide bonds. The van der Waals surface area contributed by atoms with E-state index in [1.54, 1.807) is 0 Å². The minimum absolute atomic E-state index is 0.548. The Morgan fingerprint density at radius 3 is 1.38 bits per heavy atom. The molecular weight excluding hydrogens is 701 g/mol. The van der Waals surface area contributed by atoms with E-state index in [1.165, 1.54) is 65.4 Å². The van der Waals surface area contributed by atoms with Crippen molar-refractivity contribution in [2.24, 2.45) is 0 Å². The van der Waals surface area contributed by atoms with Gasteiger partial charge in [0.2, 0.25) is 0 Å². The van der Waals surface area contributed by atoms with Crippen LogP contribution in [0.15, 0.2) is 182 Å². The molecule has 0 spiro atoms. The van der Waals surface area contributed by atoms with Crippen LogP contribution < -0.4 is 15.0 Å². The summed E-state index contributed by atoms with van der Waals surface area (Å²) >= 11 is 0. The van der Waals surface area contributed by atoms with Crippen molar-refractivity contribution in [1.29, 1.82) is 0 Å². The maximum absolute atomic E-state index is 2.58. The van der Waals surface area contributed by atoms with Crippen LogP contribution in [0.2, 0.25) is 0 Å². The first-order valence-corrected chi connectivity index (χ1v) is 20.4. The SMILES string of the molecule is Cc1ccc(N(c2ccc(C)cc2)c2ccc(C=CC3(N(c4ccc(C)cc4)c4ccc(C)cc4)CC=c4c5cccc6cccc(c7cccc3c47)c65)cc2)cc1. The van der Waals surface area contributed by atoms with Crippen molar-refractivity contribution in [2.75, 3.05) is 9.80 Å². The second-order valence-corrected chi connectivity index (χ2v) is 16.1. The summed E-state index contributed by atoms with van der Waals surface area (Å²) in [5.74, 6) is 0. The molecule has 1 aliphatic rings. The molecule has 0 radical (unpaired) electrons. The second kappa shape index (κ2) is 14.2. The second-order valence-electron chi connectivity index (χ2n) is 16.1. The molecule has 0 aliphatic heterocycles. The molecule has 0 saturated carbocycles. The number of nitrogens with zero attached hydrogens (tertiary/aromatic N) is 2. The zero-order valence-corrected chi connectivity index (χ0v) is 33.6. The van der Waals surface area contributed by atoms with Crippen LogP contribution in [0, 0.1) is 27.7 Å². The number of fused-ring (bicyclic) bond motifs is 2. The van der Waals surface area contributed by atoms with E-state index in [2.05, 4.69) is 232 Å². The molecule has 58 heavy (non-hydrogen) atoms. The van der Waals surface area contributed by atoms with E-state index in [-0.39, 0.29) is 0 Å². The van der Waals surface area contributed by atoms with Gasteiger partial charge in [0.25, 0.3) is 0 Å². The lowest BCUT2D eigenvalue weighted by atomic mass is 9.75. The van der Waals surface area contributed by atoms with Crippen molar-refractivity contribution < 1.29 is 0 Å². The third-order valence-corrected chi connectivity index (χ3v) is 12.2. The Labute approximate surface area is 341 Å². The normalized spacial score (nSPS) is 15.0. The average Bonchev–Trinajstić information content (AvgIpc) is 3.26. The third kappa shape index (κ3) is 6.04. The van der Waals surface area contributed by atoms with Crippen LogP contribution >= 0.6 is 0 Å². The molecule has 0 aromatic heterocycles. The van der Waals surface area contributed by atoms with Crippen LogP contribution in [0.4, 0.5) is 28.4 Å². The van der Waals surface area contributed by atoms with Gasteiger partial charge in [-0.2, -0.15) is 0 Å². The number of rotatable bonds is 8. The number of benzene rings is 9. The molecule has 280 valence electrons. The van der Waals surface area contributed by atoms with E-state index in [0.717, 1.165) is 40.4 Å². The number of hydrogen-bond donors (Lipinski definition) is 0. The molecule has 0 fully saturated rings. The average molecular weight is 747 g/mol. The molecule has 9 aromatic rings. The highest BCUT2D eigenvalue weighted by Gasteiger charge is 2.40. The zero-order valence-electron chi connectivity index (χ0n) is 33.6. The van der Waals surface area contributed by atoms with Crippen molar-refractivity contribution in [3.05, 3.63) is 221 Å². The number of anilines is 5. The minimum atomic E-state index is -0.548. The van der Waals surface area contributed by atoms with Gasteiger partial charge in [0.05, 0.1) is 5.54 Å². The van der Waals surface area contributed by atoms with Gasteiger partial charge < -0.3 is 9.80 Å². The Morgan fingerprint density at radius 2 is 0.862 bits per heavy atom. The highest BCUT2D eigenvalue weighted by molar-refractivity contribution is 6.22. The number of hydrogen-bond acceptors (Lipinski definition) is 2. The highest BCUT2D eigenvalue weighted by Crippen LogP contribution is 2.48. The Hall–Kier alpha value is -6.90. The van der Waals surface area contributed by atoms with Crippen LogP contribution in [0.25, 0.3) is 44.5 Å². The summed E-state index contributed by atoms with van der Waals surface area (Å²) in [6.07, 6.45) is 8.13. The summed E-state index contributed by atoms with van der Waals surface area (Å²) in [6.45, 7) is 8.61. The lowest BCUT2D eigenvalue weighted by Crippen LogP contribution is -2.44. The molecular formula is C56H46N2. The first kappa shape index (κ1) is 35.5. The van der Waals surface area contributed by atoms with Crippen molar-refractivity contribution in [3.8, 4) is 0 Å². The van der Waals surface area contributed by atoms with E-state index in [9.17, 15) is 0 Å². The van der Waals surface area contributed by atoms with Gasteiger partial charge in [-0.3, -0.25) is 0 Å². The topological polar surface area (TPSA) is 6.48 Å². The van der Waals surface area contributed by atoms with Crippen LogP contribution in [-0.4, -0.2) is 0 Å². The molecule has 10 rings (SSSR count). The fraction of sp³-hybridized carbons (Fsp3) is 0.107. The van der Waals surface area contributed by atoms with Gasteiger partial charge in [-0.05, 0) is 143 Å². The monoisotopic (exact) mass is 746 g/mol. The molecule has 2 nitrogen and oxygen atoms in total. The van der Waals surface area contributed by atoms with E-state index >= 15 is 0 Å². The Bertz CT molecular complexity index is 2930. The predicted octanol–water partition coefficient (Wildman–Crippen LogP) is 14.5. The summed E-state index contributed by atoms with van der Waals surface area (Å²) in [6, 6.07) is 65.2. The first-order valence-electron chi connectivity index (χ1n) is 20.4. The smallest absolute Gasteiger partial charge is 0.0930 e. The lowest BCUT2D eigenvalue weighted by molar-refractivity contribution is 0.568. The van der Waals surface area contributed by atoms with E-state index in [0.29, 0.717) is 0 Å². The Balaban J connectivity index is 1.17. The van der Waals surface area contributed by atoms with Crippen molar-refractivity contribution in [3.63, 3.8) is 0 Å². The van der Waals surface area contributed by atoms with E-state index in [1.807, 2.05) is 0 Å². The van der Waals surface area contributed by atoms with Crippen LogP contribution in [0.3, 0.4) is 0 Å². The van der Waals surface area contributed by atoms with Crippen molar-refractivity contribution in [1.82, 2.24) is 0 Å². The van der Waals surface area contributed by atoms with Gasteiger partial charge in [0.15, 0.2) is 0 Å². The summed E-state index contributed by atoms with van der Waals surface area (Å²) in [4.78, 5) is 4.92. The van der Waals surface area contributed by atoms with Crippen LogP contribution in [-0.2, 0) is 5.54 Å². The molecule has 0 saturated heterocycles. The molecule has 1 atom stereocenters. The molecule has 2 heteroatoms. The van der Waals surface area contributed by atoms with Crippen molar-refractivity contribution >= 4 is 72.9 Å². The van der Waals surface area contributed by atoms with Crippen LogP contribution in [0.1, 0.15) is 39.8 Å². The summed E-state index contributed by atoms with van der Waals surface area (Å²) in [7, 11) is 0. The summed E-state index contributed by atoms with van der Waals surface area (Å²) in [5.41, 5.74) is 12.6. The van der Waals surface area contributed by atoms with Gasteiger partial charge in [-0.1, -0.05) is 156 Å². The van der Waals surface area contributed by atoms with E-state index in [4.69, 9.17) is 0 Å². The maximum atomic E-state index is 2.58. The van der Waals surface area contributed by atoms with Gasteiger partial charge in [-0.15, -0.1) is 0 Å². The quantitative estimate of drug-likeness (QED) is 0.113. The van der Waals surface area contributed by atoms with Gasteiger partial charge >= 0.3 is 0 Å².